The molecule has 0 spiro atoms. The molecule has 1 aliphatic carbocycles. The molecule has 1 atom stereocenters. The maximum absolute atomic E-state index is 11.1. The minimum absolute atomic E-state index is 0.424. The second-order valence-electron chi connectivity index (χ2n) is 7.11. The van der Waals surface area contributed by atoms with E-state index in [1.54, 1.807) is 0 Å². The molecule has 0 aromatic rings. The van der Waals surface area contributed by atoms with Gasteiger partial charge in [0, 0.05) is 0 Å². The zero-order chi connectivity index (χ0) is 15.0. The fraction of sp³-hybridized carbons (Fsp3) is 0.944. The maximum atomic E-state index is 11.1. The van der Waals surface area contributed by atoms with E-state index in [-0.39, 0.29) is 0 Å². The van der Waals surface area contributed by atoms with E-state index >= 15 is 0 Å². The molecule has 3 nitrogen and oxygen atoms in total. The highest BCUT2D eigenvalue weighted by Gasteiger charge is 2.51. The third-order valence-electron chi connectivity index (χ3n) is 5.30. The van der Waals surface area contributed by atoms with E-state index in [1.807, 2.05) is 0 Å². The van der Waals surface area contributed by atoms with Crippen molar-refractivity contribution in [3.8, 4) is 0 Å². The summed E-state index contributed by atoms with van der Waals surface area (Å²) < 4.78 is 5.16. The molecule has 0 amide bonds. The van der Waals surface area contributed by atoms with Crippen LogP contribution in [0.25, 0.3) is 0 Å². The van der Waals surface area contributed by atoms with Crippen LogP contribution in [0.2, 0.25) is 0 Å². The molecule has 1 unspecified atom stereocenters. The van der Waals surface area contributed by atoms with Crippen molar-refractivity contribution in [1.82, 2.24) is 0 Å². The van der Waals surface area contributed by atoms with E-state index in [4.69, 9.17) is 9.84 Å². The van der Waals surface area contributed by atoms with E-state index in [9.17, 15) is 4.79 Å². The van der Waals surface area contributed by atoms with E-state index < -0.39 is 11.6 Å². The van der Waals surface area contributed by atoms with E-state index in [0.29, 0.717) is 13.0 Å². The van der Waals surface area contributed by atoms with Gasteiger partial charge in [-0.3, -0.25) is 0 Å². The molecule has 122 valence electrons. The van der Waals surface area contributed by atoms with Gasteiger partial charge in [-0.15, -0.1) is 0 Å². The van der Waals surface area contributed by atoms with Crippen LogP contribution in [0.3, 0.4) is 0 Å². The Morgan fingerprint density at radius 3 is 1.86 bits per heavy atom. The number of ether oxygens (including phenoxy) is 1. The van der Waals surface area contributed by atoms with Gasteiger partial charge < -0.3 is 9.84 Å². The van der Waals surface area contributed by atoms with Crippen LogP contribution in [-0.2, 0) is 9.53 Å². The van der Waals surface area contributed by atoms with Gasteiger partial charge >= 0.3 is 5.97 Å². The summed E-state index contributed by atoms with van der Waals surface area (Å²) in [5.41, 5.74) is -0.800. The number of aliphatic carboxylic acids is 1. The van der Waals surface area contributed by atoms with Crippen LogP contribution in [0.15, 0.2) is 0 Å². The van der Waals surface area contributed by atoms with Crippen molar-refractivity contribution in [1.29, 1.82) is 0 Å². The fourth-order valence-electron chi connectivity index (χ4n) is 3.67. The first-order chi connectivity index (χ1) is 10.2. The van der Waals surface area contributed by atoms with E-state index in [0.717, 1.165) is 12.3 Å². The van der Waals surface area contributed by atoms with Crippen molar-refractivity contribution < 1.29 is 14.6 Å². The predicted octanol–water partition coefficient (Wildman–Crippen LogP) is 4.93. The summed E-state index contributed by atoms with van der Waals surface area (Å²) in [4.78, 5) is 11.1. The molecule has 1 saturated heterocycles. The van der Waals surface area contributed by atoms with Crippen LogP contribution in [0.5, 0.6) is 0 Å². The van der Waals surface area contributed by atoms with Gasteiger partial charge in [0.2, 0.25) is 0 Å². The molecule has 0 aromatic carbocycles. The third-order valence-corrected chi connectivity index (χ3v) is 5.30. The number of carbonyl (C=O) groups is 1. The van der Waals surface area contributed by atoms with Crippen molar-refractivity contribution in [2.45, 2.75) is 95.5 Å². The molecule has 1 heterocycles. The Hall–Kier alpha value is -0.570. The van der Waals surface area contributed by atoms with Gasteiger partial charge in [-0.2, -0.15) is 0 Å². The summed E-state index contributed by atoms with van der Waals surface area (Å²) in [7, 11) is 0. The molecule has 0 radical (unpaired) electrons. The van der Waals surface area contributed by atoms with Crippen molar-refractivity contribution in [3.63, 3.8) is 0 Å². The Balaban J connectivity index is 1.67. The SMILES string of the molecule is O=C(O)C1(CCCC2CCCCCCCCCCC2)CO1. The van der Waals surface area contributed by atoms with Gasteiger partial charge in [-0.05, 0) is 18.8 Å². The maximum Gasteiger partial charge on any atom is 0.338 e. The largest absolute Gasteiger partial charge is 0.479 e. The lowest BCUT2D eigenvalue weighted by Crippen LogP contribution is -2.24. The van der Waals surface area contributed by atoms with Gasteiger partial charge in [0.15, 0.2) is 5.60 Å². The molecule has 2 rings (SSSR count). The molecule has 0 aromatic heterocycles. The number of epoxide rings is 1. The third kappa shape index (κ3) is 5.98. The first-order valence-corrected chi connectivity index (χ1v) is 9.10. The van der Waals surface area contributed by atoms with Crippen LogP contribution < -0.4 is 0 Å². The fourth-order valence-corrected chi connectivity index (χ4v) is 3.67. The monoisotopic (exact) mass is 296 g/mol. The first-order valence-electron chi connectivity index (χ1n) is 9.10. The lowest BCUT2D eigenvalue weighted by atomic mass is 9.88. The summed E-state index contributed by atoms with van der Waals surface area (Å²) in [5, 5.41) is 9.12. The lowest BCUT2D eigenvalue weighted by Gasteiger charge is -2.18. The molecule has 21 heavy (non-hydrogen) atoms. The Labute approximate surface area is 129 Å². The molecule has 1 aliphatic heterocycles. The summed E-state index contributed by atoms with van der Waals surface area (Å²) in [6.45, 7) is 0.424. The van der Waals surface area contributed by atoms with Crippen LogP contribution in [-0.4, -0.2) is 23.3 Å². The van der Waals surface area contributed by atoms with Gasteiger partial charge in [0.25, 0.3) is 0 Å². The summed E-state index contributed by atoms with van der Waals surface area (Å²) >= 11 is 0. The first kappa shape index (κ1) is 16.8. The standard InChI is InChI=1S/C18H32O3/c19-17(20)18(15-21-18)14-10-13-16-11-8-6-4-2-1-3-5-7-9-12-16/h16H,1-15H2,(H,19,20). The number of carboxylic acid groups (broad SMARTS) is 1. The second-order valence-corrected chi connectivity index (χ2v) is 7.11. The molecule has 1 N–H and O–H groups in total. The number of rotatable bonds is 5. The van der Waals surface area contributed by atoms with Gasteiger partial charge in [0.05, 0.1) is 6.61 Å². The zero-order valence-corrected chi connectivity index (χ0v) is 13.4. The molecule has 2 fully saturated rings. The molecule has 3 heteroatoms. The van der Waals surface area contributed by atoms with Crippen molar-refractivity contribution >= 4 is 5.97 Å². The van der Waals surface area contributed by atoms with E-state index in [2.05, 4.69) is 0 Å². The highest BCUT2D eigenvalue weighted by Crippen LogP contribution is 2.34. The average Bonchev–Trinajstić information content (AvgIpc) is 3.22. The van der Waals surface area contributed by atoms with Crippen LogP contribution >= 0.6 is 0 Å². The van der Waals surface area contributed by atoms with Crippen molar-refractivity contribution in [3.05, 3.63) is 0 Å². The Morgan fingerprint density at radius 2 is 1.43 bits per heavy atom. The number of hydrogen-bond acceptors (Lipinski definition) is 2. The van der Waals surface area contributed by atoms with Gasteiger partial charge in [-0.1, -0.05) is 77.0 Å². The smallest absolute Gasteiger partial charge is 0.338 e. The number of hydrogen-bond donors (Lipinski definition) is 1. The minimum atomic E-state index is -0.800. The zero-order valence-electron chi connectivity index (χ0n) is 13.4. The topological polar surface area (TPSA) is 49.8 Å². The predicted molar refractivity (Wildman–Crippen MR) is 84.4 cm³/mol. The van der Waals surface area contributed by atoms with Crippen LogP contribution in [0, 0.1) is 5.92 Å². The molecule has 1 saturated carbocycles. The molecule has 0 bridgehead atoms. The minimum Gasteiger partial charge on any atom is -0.479 e. The molecular weight excluding hydrogens is 264 g/mol. The number of carboxylic acids is 1. The van der Waals surface area contributed by atoms with Crippen LogP contribution in [0.1, 0.15) is 89.9 Å². The highest BCUT2D eigenvalue weighted by atomic mass is 16.6. The Kier molecular flexibility index (Phi) is 7.01. The molecule has 2 aliphatic rings. The van der Waals surface area contributed by atoms with Crippen LogP contribution in [0.4, 0.5) is 0 Å². The van der Waals surface area contributed by atoms with Gasteiger partial charge in [-0.25, -0.2) is 4.79 Å². The lowest BCUT2D eigenvalue weighted by molar-refractivity contribution is -0.143. The second kappa shape index (κ2) is 8.77. The summed E-state index contributed by atoms with van der Waals surface area (Å²) in [6, 6.07) is 0. The summed E-state index contributed by atoms with van der Waals surface area (Å²) in [6.07, 6.45) is 18.2. The van der Waals surface area contributed by atoms with E-state index in [1.165, 1.54) is 77.0 Å². The Bertz CT molecular complexity index is 298. The average molecular weight is 296 g/mol. The molecular formula is C18H32O3. The van der Waals surface area contributed by atoms with Gasteiger partial charge in [0.1, 0.15) is 0 Å². The quantitative estimate of drug-likeness (QED) is 0.732. The Morgan fingerprint density at radius 1 is 0.952 bits per heavy atom. The van der Waals surface area contributed by atoms with Crippen molar-refractivity contribution in [2.24, 2.45) is 5.92 Å². The van der Waals surface area contributed by atoms with Crippen molar-refractivity contribution in [2.75, 3.05) is 6.61 Å². The highest BCUT2D eigenvalue weighted by molar-refractivity contribution is 5.80. The summed E-state index contributed by atoms with van der Waals surface area (Å²) in [5.74, 6) is 0.0511. The normalized spacial score (nSPS) is 29.3.